The van der Waals surface area contributed by atoms with Gasteiger partial charge < -0.3 is 4.74 Å². The minimum Gasteiger partial charge on any atom is -0.373 e. The van der Waals surface area contributed by atoms with Crippen LogP contribution in [0.1, 0.15) is 60.8 Å². The maximum atomic E-state index is 14.9. The molecule has 0 radical (unpaired) electrons. The second-order valence-electron chi connectivity index (χ2n) is 9.04. The normalized spacial score (nSPS) is 20.7. The number of halogens is 3. The topological polar surface area (TPSA) is 65.7 Å². The third kappa shape index (κ3) is 3.84. The van der Waals surface area contributed by atoms with Crippen LogP contribution in [0, 0.1) is 18.6 Å². The highest BCUT2D eigenvalue weighted by atomic mass is 35.5. The lowest BCUT2D eigenvalue weighted by Gasteiger charge is -2.28. The first kappa shape index (κ1) is 21.6. The number of rotatable bonds is 4. The lowest BCUT2D eigenvalue weighted by Crippen LogP contribution is -2.20. The first-order valence-corrected chi connectivity index (χ1v) is 11.8. The molecule has 174 valence electrons. The quantitative estimate of drug-likeness (QED) is 0.329. The first-order valence-electron chi connectivity index (χ1n) is 11.4. The highest BCUT2D eigenvalue weighted by Gasteiger charge is 2.31. The molecule has 1 aliphatic heterocycles. The van der Waals surface area contributed by atoms with Gasteiger partial charge in [-0.2, -0.15) is 5.10 Å². The van der Waals surface area contributed by atoms with Crippen molar-refractivity contribution in [3.8, 4) is 11.3 Å². The third-order valence-electron chi connectivity index (χ3n) is 6.57. The third-order valence-corrected chi connectivity index (χ3v) is 6.86. The van der Waals surface area contributed by atoms with Crippen LogP contribution in [0.3, 0.4) is 0 Å². The number of aryl methyl sites for hydroxylation is 1. The molecule has 4 aromatic rings. The van der Waals surface area contributed by atoms with E-state index >= 15 is 0 Å². The molecule has 9 heteroatoms. The first-order chi connectivity index (χ1) is 16.5. The molecule has 1 saturated carbocycles. The highest BCUT2D eigenvalue weighted by Crippen LogP contribution is 2.40. The van der Waals surface area contributed by atoms with E-state index in [0.29, 0.717) is 41.6 Å². The van der Waals surface area contributed by atoms with Crippen molar-refractivity contribution < 1.29 is 13.5 Å². The minimum absolute atomic E-state index is 0.0197. The van der Waals surface area contributed by atoms with Crippen molar-refractivity contribution in [2.75, 3.05) is 6.61 Å². The van der Waals surface area contributed by atoms with Crippen molar-refractivity contribution in [3.05, 3.63) is 70.4 Å². The maximum Gasteiger partial charge on any atom is 0.178 e. The summed E-state index contributed by atoms with van der Waals surface area (Å²) in [6, 6.07) is 6.89. The Kier molecular flexibility index (Phi) is 5.30. The molecule has 34 heavy (non-hydrogen) atoms. The van der Waals surface area contributed by atoms with E-state index in [2.05, 4.69) is 16.3 Å². The van der Waals surface area contributed by atoms with E-state index in [1.54, 1.807) is 12.1 Å². The Morgan fingerprint density at radius 3 is 2.71 bits per heavy atom. The minimum atomic E-state index is -1.09. The van der Waals surface area contributed by atoms with Crippen LogP contribution < -0.4 is 0 Å². The van der Waals surface area contributed by atoms with E-state index in [9.17, 15) is 8.78 Å². The Balaban J connectivity index is 1.41. The van der Waals surface area contributed by atoms with E-state index in [1.165, 1.54) is 12.1 Å². The smallest absolute Gasteiger partial charge is 0.178 e. The van der Waals surface area contributed by atoms with Gasteiger partial charge in [0.15, 0.2) is 17.3 Å². The van der Waals surface area contributed by atoms with Crippen LogP contribution in [0.5, 0.6) is 0 Å². The summed E-state index contributed by atoms with van der Waals surface area (Å²) in [4.78, 5) is 14.1. The fraction of sp³-hybridized carbons (Fsp3) is 0.360. The Bertz CT molecular complexity index is 1400. The Hall–Kier alpha value is -2.97. The molecule has 1 saturated heterocycles. The number of pyridine rings is 1. The maximum absolute atomic E-state index is 14.9. The lowest BCUT2D eigenvalue weighted by molar-refractivity contribution is 0.00396. The second kappa shape index (κ2) is 8.36. The number of ether oxygens (including phenoxy) is 1. The molecule has 2 aliphatic rings. The van der Waals surface area contributed by atoms with Crippen LogP contribution in [0.4, 0.5) is 8.78 Å². The standard InChI is InChI=1S/C25H22ClF2N5O/c1-13-2-5-18-23(17-6-7-19(26)22(28)21(17)27)31-24(32-25(18)30-13)14-8-9-34-20(10-14)15-11-29-33(12-15)16-3-4-16/h2,5-7,11-12,14,16,20H,3-4,8-10H2,1H3/t14-,20+/m1/s1. The van der Waals surface area contributed by atoms with Crippen molar-refractivity contribution in [2.24, 2.45) is 0 Å². The number of nitrogens with zero attached hydrogens (tertiary/aromatic N) is 5. The van der Waals surface area contributed by atoms with Gasteiger partial charge in [-0.15, -0.1) is 0 Å². The molecule has 0 amide bonds. The van der Waals surface area contributed by atoms with Gasteiger partial charge in [-0.3, -0.25) is 4.68 Å². The van der Waals surface area contributed by atoms with Crippen LogP contribution >= 0.6 is 11.6 Å². The Morgan fingerprint density at radius 1 is 1.03 bits per heavy atom. The van der Waals surface area contributed by atoms with Crippen molar-refractivity contribution in [3.63, 3.8) is 0 Å². The predicted molar refractivity (Wildman–Crippen MR) is 124 cm³/mol. The highest BCUT2D eigenvalue weighted by molar-refractivity contribution is 6.30. The summed E-state index contributed by atoms with van der Waals surface area (Å²) in [6.45, 7) is 2.41. The van der Waals surface area contributed by atoms with E-state index in [4.69, 9.17) is 26.3 Å². The molecule has 1 aliphatic carbocycles. The van der Waals surface area contributed by atoms with Crippen molar-refractivity contribution in [2.45, 2.75) is 50.7 Å². The molecule has 0 N–H and O–H groups in total. The molecular formula is C25H22ClF2N5O. The lowest BCUT2D eigenvalue weighted by atomic mass is 9.92. The van der Waals surface area contributed by atoms with Crippen molar-refractivity contribution in [1.82, 2.24) is 24.7 Å². The molecule has 6 nitrogen and oxygen atoms in total. The molecule has 3 aromatic heterocycles. The fourth-order valence-corrected chi connectivity index (χ4v) is 4.69. The van der Waals surface area contributed by atoms with E-state index < -0.39 is 11.6 Å². The van der Waals surface area contributed by atoms with Gasteiger partial charge in [0.05, 0.1) is 29.1 Å². The van der Waals surface area contributed by atoms with E-state index in [1.807, 2.05) is 17.8 Å². The number of fused-ring (bicyclic) bond motifs is 1. The van der Waals surface area contributed by atoms with Gasteiger partial charge in [0.2, 0.25) is 0 Å². The van der Waals surface area contributed by atoms with Crippen LogP contribution in [-0.4, -0.2) is 31.3 Å². The molecule has 6 rings (SSSR count). The Labute approximate surface area is 200 Å². The number of aromatic nitrogens is 5. The van der Waals surface area contributed by atoms with Gasteiger partial charge in [-0.1, -0.05) is 11.6 Å². The summed E-state index contributed by atoms with van der Waals surface area (Å²) in [7, 11) is 0. The van der Waals surface area contributed by atoms with Crippen LogP contribution in [0.15, 0.2) is 36.7 Å². The second-order valence-corrected chi connectivity index (χ2v) is 9.45. The monoisotopic (exact) mass is 481 g/mol. The van der Waals surface area contributed by atoms with Crippen molar-refractivity contribution >= 4 is 22.6 Å². The zero-order valence-corrected chi connectivity index (χ0v) is 19.3. The average Bonchev–Trinajstić information content (AvgIpc) is 3.58. The van der Waals surface area contributed by atoms with E-state index in [-0.39, 0.29) is 22.6 Å². The van der Waals surface area contributed by atoms with Gasteiger partial charge >= 0.3 is 0 Å². The van der Waals surface area contributed by atoms with Gasteiger partial charge in [-0.25, -0.2) is 23.7 Å². The fourth-order valence-electron chi connectivity index (χ4n) is 4.54. The number of benzene rings is 1. The Morgan fingerprint density at radius 2 is 1.88 bits per heavy atom. The summed E-state index contributed by atoms with van der Waals surface area (Å²) in [5, 5.41) is 4.78. The van der Waals surface area contributed by atoms with Crippen LogP contribution in [0.25, 0.3) is 22.3 Å². The van der Waals surface area contributed by atoms with Crippen LogP contribution in [-0.2, 0) is 4.74 Å². The summed E-state index contributed by atoms with van der Waals surface area (Å²) >= 11 is 5.78. The molecule has 0 bridgehead atoms. The predicted octanol–water partition coefficient (Wildman–Crippen LogP) is 6.10. The van der Waals surface area contributed by atoms with E-state index in [0.717, 1.165) is 30.5 Å². The zero-order valence-electron chi connectivity index (χ0n) is 18.5. The van der Waals surface area contributed by atoms with Crippen LogP contribution in [0.2, 0.25) is 5.02 Å². The number of hydrogen-bond donors (Lipinski definition) is 0. The molecule has 4 heterocycles. The molecule has 0 unspecified atom stereocenters. The molecular weight excluding hydrogens is 460 g/mol. The van der Waals surface area contributed by atoms with Gasteiger partial charge in [-0.05, 0) is 56.9 Å². The molecule has 2 fully saturated rings. The largest absolute Gasteiger partial charge is 0.373 e. The molecule has 0 spiro atoms. The molecule has 1 aromatic carbocycles. The van der Waals surface area contributed by atoms with Gasteiger partial charge in [0.1, 0.15) is 5.82 Å². The van der Waals surface area contributed by atoms with Crippen molar-refractivity contribution in [1.29, 1.82) is 0 Å². The summed E-state index contributed by atoms with van der Waals surface area (Å²) in [5.74, 6) is -1.59. The summed E-state index contributed by atoms with van der Waals surface area (Å²) < 4.78 is 37.3. The van der Waals surface area contributed by atoms with Gasteiger partial charge in [0.25, 0.3) is 0 Å². The summed E-state index contributed by atoms with van der Waals surface area (Å²) in [5.41, 5.74) is 2.63. The average molecular weight is 482 g/mol. The zero-order chi connectivity index (χ0) is 23.4. The SMILES string of the molecule is Cc1ccc2c(-c3ccc(Cl)c(F)c3F)nc([C@@H]3CCO[C@H](c4cnn(C5CC5)c4)C3)nc2n1. The summed E-state index contributed by atoms with van der Waals surface area (Å²) in [6.07, 6.45) is 7.54. The number of hydrogen-bond acceptors (Lipinski definition) is 5. The molecule has 2 atom stereocenters. The van der Waals surface area contributed by atoms with Gasteiger partial charge in [0, 0.05) is 40.9 Å².